The molecule has 1 aliphatic rings. The maximum absolute atomic E-state index is 12.3. The van der Waals surface area contributed by atoms with E-state index in [1.165, 1.54) is 0 Å². The van der Waals surface area contributed by atoms with Gasteiger partial charge in [0, 0.05) is 4.47 Å². The third-order valence-corrected chi connectivity index (χ3v) is 4.62. The fraction of sp³-hybridized carbons (Fsp3) is 0.312. The Morgan fingerprint density at radius 1 is 1.43 bits per heavy atom. The molecule has 1 fully saturated rings. The molecule has 0 radical (unpaired) electrons. The number of hydrogen-bond acceptors (Lipinski definition) is 5. The van der Waals surface area contributed by atoms with Crippen LogP contribution in [0.25, 0.3) is 6.08 Å². The summed E-state index contributed by atoms with van der Waals surface area (Å²) < 4.78 is 5.98. The molecule has 1 aromatic carbocycles. The Hall–Kier alpha value is -1.60. The molecule has 122 valence electrons. The van der Waals surface area contributed by atoms with E-state index in [4.69, 9.17) is 4.74 Å². The second-order valence-corrected chi connectivity index (χ2v) is 6.94. The van der Waals surface area contributed by atoms with Gasteiger partial charge in [0.05, 0.1) is 11.0 Å². The SMILES string of the molecule is CC[C@@H](C)OC(=O)CN1C(=O)S/C(=C/c2cccc(Br)c2)C1=O. The van der Waals surface area contributed by atoms with Crippen molar-refractivity contribution < 1.29 is 19.1 Å². The average Bonchev–Trinajstić information content (AvgIpc) is 2.74. The quantitative estimate of drug-likeness (QED) is 0.557. The summed E-state index contributed by atoms with van der Waals surface area (Å²) in [6.45, 7) is 3.29. The molecule has 1 aliphatic heterocycles. The average molecular weight is 398 g/mol. The summed E-state index contributed by atoms with van der Waals surface area (Å²) in [4.78, 5) is 37.2. The smallest absolute Gasteiger partial charge is 0.326 e. The van der Waals surface area contributed by atoms with E-state index in [2.05, 4.69) is 15.9 Å². The van der Waals surface area contributed by atoms with E-state index in [1.54, 1.807) is 13.0 Å². The van der Waals surface area contributed by atoms with E-state index in [9.17, 15) is 14.4 Å². The first kappa shape index (κ1) is 17.7. The predicted octanol–water partition coefficient (Wildman–Crippen LogP) is 3.83. The minimum absolute atomic E-state index is 0.236. The second kappa shape index (κ2) is 7.79. The summed E-state index contributed by atoms with van der Waals surface area (Å²) in [5.74, 6) is -1.05. The molecule has 0 spiro atoms. The van der Waals surface area contributed by atoms with Gasteiger partial charge in [-0.15, -0.1) is 0 Å². The number of amides is 2. The maximum Gasteiger partial charge on any atom is 0.326 e. The molecule has 7 heteroatoms. The van der Waals surface area contributed by atoms with Crippen LogP contribution in [0, 0.1) is 0 Å². The molecule has 2 rings (SSSR count). The lowest BCUT2D eigenvalue weighted by Gasteiger charge is -2.14. The first-order chi connectivity index (χ1) is 10.9. The van der Waals surface area contributed by atoms with E-state index in [0.717, 1.165) is 26.7 Å². The third-order valence-electron chi connectivity index (χ3n) is 3.21. The Kier molecular flexibility index (Phi) is 6.01. The van der Waals surface area contributed by atoms with Gasteiger partial charge >= 0.3 is 5.97 Å². The highest BCUT2D eigenvalue weighted by molar-refractivity contribution is 9.10. The number of thioether (sulfide) groups is 1. The number of benzene rings is 1. The summed E-state index contributed by atoms with van der Waals surface area (Å²) >= 11 is 4.18. The summed E-state index contributed by atoms with van der Waals surface area (Å²) in [5, 5.41) is -0.461. The van der Waals surface area contributed by atoms with Gasteiger partial charge in [-0.1, -0.05) is 35.0 Å². The Balaban J connectivity index is 2.09. The van der Waals surface area contributed by atoms with E-state index in [0.29, 0.717) is 11.3 Å². The van der Waals surface area contributed by atoms with Gasteiger partial charge in [0.15, 0.2) is 0 Å². The second-order valence-electron chi connectivity index (χ2n) is 5.03. The molecule has 1 aromatic rings. The minimum Gasteiger partial charge on any atom is -0.461 e. The number of hydrogen-bond donors (Lipinski definition) is 0. The number of rotatable bonds is 5. The molecule has 0 N–H and O–H groups in total. The lowest BCUT2D eigenvalue weighted by atomic mass is 10.2. The number of ether oxygens (including phenoxy) is 1. The predicted molar refractivity (Wildman–Crippen MR) is 92.7 cm³/mol. The number of esters is 1. The highest BCUT2D eigenvalue weighted by Crippen LogP contribution is 2.32. The van der Waals surface area contributed by atoms with Gasteiger partial charge in [-0.3, -0.25) is 19.3 Å². The molecule has 0 aliphatic carbocycles. The molecule has 0 unspecified atom stereocenters. The van der Waals surface area contributed by atoms with Crippen LogP contribution < -0.4 is 0 Å². The molecule has 1 saturated heterocycles. The van der Waals surface area contributed by atoms with Crippen molar-refractivity contribution in [3.8, 4) is 0 Å². The van der Waals surface area contributed by atoms with Crippen LogP contribution in [0.5, 0.6) is 0 Å². The molecular formula is C16H16BrNO4S. The van der Waals surface area contributed by atoms with Gasteiger partial charge < -0.3 is 4.74 Å². The first-order valence-corrected chi connectivity index (χ1v) is 8.72. The zero-order chi connectivity index (χ0) is 17.0. The highest BCUT2D eigenvalue weighted by atomic mass is 79.9. The standard InChI is InChI=1S/C16H16BrNO4S/c1-3-10(2)22-14(19)9-18-15(20)13(23-16(18)21)8-11-5-4-6-12(17)7-11/h4-8,10H,3,9H2,1-2H3/b13-8+/t10-/m1/s1. The van der Waals surface area contributed by atoms with Crippen molar-refractivity contribution in [1.29, 1.82) is 0 Å². The molecule has 0 bridgehead atoms. The van der Waals surface area contributed by atoms with Crippen molar-refractivity contribution in [3.05, 3.63) is 39.2 Å². The molecular weight excluding hydrogens is 382 g/mol. The summed E-state index contributed by atoms with van der Waals surface area (Å²) in [6, 6.07) is 7.37. The summed E-state index contributed by atoms with van der Waals surface area (Å²) in [6.07, 6.45) is 2.08. The lowest BCUT2D eigenvalue weighted by Crippen LogP contribution is -2.35. The lowest BCUT2D eigenvalue weighted by molar-refractivity contribution is -0.150. The highest BCUT2D eigenvalue weighted by Gasteiger charge is 2.36. The fourth-order valence-electron chi connectivity index (χ4n) is 1.86. The van der Waals surface area contributed by atoms with Gasteiger partial charge in [-0.05, 0) is 48.9 Å². The normalized spacial score (nSPS) is 17.7. The van der Waals surface area contributed by atoms with Crippen LogP contribution in [0.2, 0.25) is 0 Å². The summed E-state index contributed by atoms with van der Waals surface area (Å²) in [5.41, 5.74) is 0.798. The largest absolute Gasteiger partial charge is 0.461 e. The fourth-order valence-corrected chi connectivity index (χ4v) is 3.11. The molecule has 5 nitrogen and oxygen atoms in total. The van der Waals surface area contributed by atoms with Gasteiger partial charge in [0.1, 0.15) is 6.54 Å². The van der Waals surface area contributed by atoms with E-state index < -0.39 is 17.1 Å². The van der Waals surface area contributed by atoms with Gasteiger partial charge in [0.2, 0.25) is 0 Å². The monoisotopic (exact) mass is 397 g/mol. The molecule has 1 heterocycles. The van der Waals surface area contributed by atoms with Crippen molar-refractivity contribution >= 4 is 50.9 Å². The number of imide groups is 1. The Labute approximate surface area is 147 Å². The van der Waals surface area contributed by atoms with Gasteiger partial charge in [-0.2, -0.15) is 0 Å². The van der Waals surface area contributed by atoms with Crippen molar-refractivity contribution in [3.63, 3.8) is 0 Å². The number of carbonyl (C=O) groups excluding carboxylic acids is 3. The summed E-state index contributed by atoms with van der Waals surface area (Å²) in [7, 11) is 0. The third kappa shape index (κ3) is 4.68. The minimum atomic E-state index is -0.578. The molecule has 2 amide bonds. The van der Waals surface area contributed by atoms with E-state index >= 15 is 0 Å². The zero-order valence-electron chi connectivity index (χ0n) is 12.7. The van der Waals surface area contributed by atoms with Crippen molar-refractivity contribution in [2.45, 2.75) is 26.4 Å². The Bertz CT molecular complexity index is 674. The van der Waals surface area contributed by atoms with Crippen LogP contribution in [0.15, 0.2) is 33.6 Å². The Morgan fingerprint density at radius 2 is 2.17 bits per heavy atom. The van der Waals surface area contributed by atoms with Crippen LogP contribution in [-0.4, -0.2) is 34.7 Å². The number of carbonyl (C=O) groups is 3. The van der Waals surface area contributed by atoms with Crippen molar-refractivity contribution in [2.24, 2.45) is 0 Å². The number of halogens is 1. The van der Waals surface area contributed by atoms with Crippen LogP contribution in [0.1, 0.15) is 25.8 Å². The van der Waals surface area contributed by atoms with Crippen LogP contribution in [0.4, 0.5) is 4.79 Å². The van der Waals surface area contributed by atoms with Crippen molar-refractivity contribution in [1.82, 2.24) is 4.90 Å². The van der Waals surface area contributed by atoms with E-state index in [-0.39, 0.29) is 12.6 Å². The molecule has 1 atom stereocenters. The van der Waals surface area contributed by atoms with Crippen LogP contribution >= 0.6 is 27.7 Å². The molecule has 23 heavy (non-hydrogen) atoms. The van der Waals surface area contributed by atoms with Gasteiger partial charge in [0.25, 0.3) is 11.1 Å². The topological polar surface area (TPSA) is 63.7 Å². The number of nitrogens with zero attached hydrogens (tertiary/aromatic N) is 1. The van der Waals surface area contributed by atoms with Crippen LogP contribution in [0.3, 0.4) is 0 Å². The molecule has 0 aromatic heterocycles. The maximum atomic E-state index is 12.3. The zero-order valence-corrected chi connectivity index (χ0v) is 15.1. The Morgan fingerprint density at radius 3 is 2.83 bits per heavy atom. The van der Waals surface area contributed by atoms with Crippen molar-refractivity contribution in [2.75, 3.05) is 6.54 Å². The first-order valence-electron chi connectivity index (χ1n) is 7.11. The molecule has 0 saturated carbocycles. The van der Waals surface area contributed by atoms with Crippen LogP contribution in [-0.2, 0) is 14.3 Å². The van der Waals surface area contributed by atoms with E-state index in [1.807, 2.05) is 31.2 Å². The van der Waals surface area contributed by atoms with Gasteiger partial charge in [-0.25, -0.2) is 0 Å².